The molecular weight excluding hydrogens is 202 g/mol. The zero-order valence-electron chi connectivity index (χ0n) is 8.34. The van der Waals surface area contributed by atoms with Gasteiger partial charge in [-0.2, -0.15) is 5.10 Å². The number of aryl methyl sites for hydroxylation is 1. The molecule has 0 aliphatic carbocycles. The number of hydrogen-bond donors (Lipinski definition) is 1. The summed E-state index contributed by atoms with van der Waals surface area (Å²) in [4.78, 5) is 0. The highest BCUT2D eigenvalue weighted by Crippen LogP contribution is 2.10. The van der Waals surface area contributed by atoms with Crippen molar-refractivity contribution in [2.75, 3.05) is 12.0 Å². The van der Waals surface area contributed by atoms with Crippen LogP contribution in [0, 0.1) is 0 Å². The van der Waals surface area contributed by atoms with Crippen LogP contribution in [0.25, 0.3) is 0 Å². The van der Waals surface area contributed by atoms with Crippen molar-refractivity contribution in [3.63, 3.8) is 0 Å². The molecule has 0 radical (unpaired) electrons. The van der Waals surface area contributed by atoms with E-state index in [4.69, 9.17) is 5.73 Å². The average molecular weight is 217 g/mol. The van der Waals surface area contributed by atoms with E-state index in [0.29, 0.717) is 0 Å². The molecule has 0 fully saturated rings. The van der Waals surface area contributed by atoms with Gasteiger partial charge in [0.2, 0.25) is 0 Å². The SMILES string of the molecule is CCn1cc(C(N)CS(C)(=O)=O)cn1. The third-order valence-electron chi connectivity index (χ3n) is 1.89. The van der Waals surface area contributed by atoms with Gasteiger partial charge in [0, 0.05) is 30.6 Å². The largest absolute Gasteiger partial charge is 0.323 e. The number of sulfone groups is 1. The Morgan fingerprint density at radius 2 is 2.29 bits per heavy atom. The summed E-state index contributed by atoms with van der Waals surface area (Å²) in [6.07, 6.45) is 4.56. The molecule has 2 N–H and O–H groups in total. The Labute approximate surface area is 83.8 Å². The van der Waals surface area contributed by atoms with Crippen LogP contribution >= 0.6 is 0 Å². The molecule has 0 saturated heterocycles. The fourth-order valence-corrected chi connectivity index (χ4v) is 2.01. The third kappa shape index (κ3) is 3.12. The predicted molar refractivity (Wildman–Crippen MR) is 54.5 cm³/mol. The van der Waals surface area contributed by atoms with Gasteiger partial charge >= 0.3 is 0 Å². The zero-order chi connectivity index (χ0) is 10.8. The molecule has 80 valence electrons. The minimum atomic E-state index is -3.03. The fourth-order valence-electron chi connectivity index (χ4n) is 1.17. The molecule has 14 heavy (non-hydrogen) atoms. The topological polar surface area (TPSA) is 78.0 Å². The van der Waals surface area contributed by atoms with E-state index in [1.165, 1.54) is 6.26 Å². The molecule has 1 atom stereocenters. The van der Waals surface area contributed by atoms with Crippen molar-refractivity contribution in [1.29, 1.82) is 0 Å². The van der Waals surface area contributed by atoms with Gasteiger partial charge in [0.05, 0.1) is 11.9 Å². The number of nitrogens with two attached hydrogens (primary N) is 1. The number of nitrogens with zero attached hydrogens (tertiary/aromatic N) is 2. The number of aromatic nitrogens is 2. The van der Waals surface area contributed by atoms with Crippen LogP contribution in [0.3, 0.4) is 0 Å². The highest BCUT2D eigenvalue weighted by atomic mass is 32.2. The maximum Gasteiger partial charge on any atom is 0.149 e. The Kier molecular flexibility index (Phi) is 3.28. The zero-order valence-corrected chi connectivity index (χ0v) is 9.16. The normalized spacial score (nSPS) is 14.2. The van der Waals surface area contributed by atoms with E-state index >= 15 is 0 Å². The summed E-state index contributed by atoms with van der Waals surface area (Å²) in [5, 5.41) is 4.03. The standard InChI is InChI=1S/C8H15N3O2S/c1-3-11-5-7(4-10-11)8(9)6-14(2,12)13/h4-5,8H,3,6,9H2,1-2H3. The second-order valence-corrected chi connectivity index (χ2v) is 5.51. The molecule has 0 amide bonds. The smallest absolute Gasteiger partial charge is 0.149 e. The van der Waals surface area contributed by atoms with Crippen molar-refractivity contribution in [1.82, 2.24) is 9.78 Å². The van der Waals surface area contributed by atoms with E-state index in [0.717, 1.165) is 12.1 Å². The first kappa shape index (κ1) is 11.2. The molecule has 0 aliphatic heterocycles. The Hall–Kier alpha value is -0.880. The molecule has 1 heterocycles. The molecular formula is C8H15N3O2S. The van der Waals surface area contributed by atoms with Crippen LogP contribution in [-0.2, 0) is 16.4 Å². The first-order valence-corrected chi connectivity index (χ1v) is 6.44. The summed E-state index contributed by atoms with van der Waals surface area (Å²) >= 11 is 0. The summed E-state index contributed by atoms with van der Waals surface area (Å²) in [7, 11) is -3.03. The highest BCUT2D eigenvalue weighted by molar-refractivity contribution is 7.90. The summed E-state index contributed by atoms with van der Waals surface area (Å²) < 4.78 is 23.7. The van der Waals surface area contributed by atoms with Gasteiger partial charge in [-0.1, -0.05) is 0 Å². The van der Waals surface area contributed by atoms with Gasteiger partial charge in [-0.25, -0.2) is 8.42 Å². The van der Waals surface area contributed by atoms with Crippen LogP contribution in [0.4, 0.5) is 0 Å². The lowest BCUT2D eigenvalue weighted by Crippen LogP contribution is -2.20. The molecule has 1 aromatic rings. The van der Waals surface area contributed by atoms with Gasteiger partial charge in [0.25, 0.3) is 0 Å². The van der Waals surface area contributed by atoms with E-state index in [1.54, 1.807) is 17.1 Å². The maximum atomic E-state index is 11.0. The van der Waals surface area contributed by atoms with Gasteiger partial charge in [-0.15, -0.1) is 0 Å². The Morgan fingerprint density at radius 3 is 2.71 bits per heavy atom. The fraction of sp³-hybridized carbons (Fsp3) is 0.625. The van der Waals surface area contributed by atoms with Crippen molar-refractivity contribution in [3.05, 3.63) is 18.0 Å². The first-order valence-electron chi connectivity index (χ1n) is 4.38. The maximum absolute atomic E-state index is 11.0. The molecule has 0 aromatic carbocycles. The van der Waals surface area contributed by atoms with E-state index in [1.807, 2.05) is 6.92 Å². The van der Waals surface area contributed by atoms with Crippen LogP contribution in [-0.4, -0.2) is 30.2 Å². The minimum absolute atomic E-state index is 0.0393. The van der Waals surface area contributed by atoms with E-state index < -0.39 is 15.9 Å². The van der Waals surface area contributed by atoms with E-state index in [2.05, 4.69) is 5.10 Å². The highest BCUT2D eigenvalue weighted by Gasteiger charge is 2.14. The lowest BCUT2D eigenvalue weighted by atomic mass is 10.2. The summed E-state index contributed by atoms with van der Waals surface area (Å²) in [5.74, 6) is -0.0393. The molecule has 0 spiro atoms. The van der Waals surface area contributed by atoms with Crippen LogP contribution in [0.5, 0.6) is 0 Å². The lowest BCUT2D eigenvalue weighted by molar-refractivity contribution is 0.594. The van der Waals surface area contributed by atoms with Crippen molar-refractivity contribution in [2.45, 2.75) is 19.5 Å². The summed E-state index contributed by atoms with van der Waals surface area (Å²) in [5.41, 5.74) is 6.48. The quantitative estimate of drug-likeness (QED) is 0.767. The molecule has 0 saturated carbocycles. The van der Waals surface area contributed by atoms with Crippen molar-refractivity contribution in [2.24, 2.45) is 5.73 Å². The van der Waals surface area contributed by atoms with Crippen molar-refractivity contribution < 1.29 is 8.42 Å². The van der Waals surface area contributed by atoms with Crippen LogP contribution in [0.1, 0.15) is 18.5 Å². The summed E-state index contributed by atoms with van der Waals surface area (Å²) in [6.45, 7) is 2.71. The van der Waals surface area contributed by atoms with Gasteiger partial charge in [0.1, 0.15) is 9.84 Å². The average Bonchev–Trinajstić information content (AvgIpc) is 2.48. The van der Waals surface area contributed by atoms with E-state index in [-0.39, 0.29) is 5.75 Å². The van der Waals surface area contributed by atoms with Gasteiger partial charge in [-0.05, 0) is 6.92 Å². The molecule has 1 aromatic heterocycles. The Bertz CT molecular complexity index is 396. The number of rotatable bonds is 4. The molecule has 0 bridgehead atoms. The Balaban J connectivity index is 2.74. The monoisotopic (exact) mass is 217 g/mol. The Morgan fingerprint density at radius 1 is 1.64 bits per heavy atom. The predicted octanol–water partition coefficient (Wildman–Crippen LogP) is -0.0526. The van der Waals surface area contributed by atoms with Gasteiger partial charge < -0.3 is 5.73 Å². The molecule has 6 heteroatoms. The molecule has 0 aliphatic rings. The summed E-state index contributed by atoms with van der Waals surface area (Å²) in [6, 6.07) is -0.481. The van der Waals surface area contributed by atoms with Gasteiger partial charge in [-0.3, -0.25) is 4.68 Å². The lowest BCUT2D eigenvalue weighted by Gasteiger charge is -2.06. The van der Waals surface area contributed by atoms with Crippen LogP contribution in [0.2, 0.25) is 0 Å². The molecule has 1 unspecified atom stereocenters. The first-order chi connectivity index (χ1) is 6.42. The second kappa shape index (κ2) is 4.10. The van der Waals surface area contributed by atoms with Crippen LogP contribution in [0.15, 0.2) is 12.4 Å². The van der Waals surface area contributed by atoms with Crippen LogP contribution < -0.4 is 5.73 Å². The van der Waals surface area contributed by atoms with Gasteiger partial charge in [0.15, 0.2) is 0 Å². The number of hydrogen-bond acceptors (Lipinski definition) is 4. The third-order valence-corrected chi connectivity index (χ3v) is 2.85. The second-order valence-electron chi connectivity index (χ2n) is 3.33. The van der Waals surface area contributed by atoms with E-state index in [9.17, 15) is 8.42 Å². The van der Waals surface area contributed by atoms with Crippen molar-refractivity contribution in [3.8, 4) is 0 Å². The molecule has 1 rings (SSSR count). The molecule has 5 nitrogen and oxygen atoms in total. The van der Waals surface area contributed by atoms with Crippen molar-refractivity contribution >= 4 is 9.84 Å². The minimum Gasteiger partial charge on any atom is -0.323 e.